The summed E-state index contributed by atoms with van der Waals surface area (Å²) in [6.45, 7) is 0. The van der Waals surface area contributed by atoms with Crippen LogP contribution in [0.3, 0.4) is 0 Å². The SMILES string of the molecule is COc1cc(/C=N/N(C)C)cc(Br)c1O.O=P(O)(O)O. The number of phosphoric acid groups is 1. The van der Waals surface area contributed by atoms with E-state index in [4.69, 9.17) is 24.0 Å². The summed E-state index contributed by atoms with van der Waals surface area (Å²) in [6, 6.07) is 3.48. The van der Waals surface area contributed by atoms with Gasteiger partial charge in [-0.2, -0.15) is 5.10 Å². The first-order chi connectivity index (χ1) is 9.04. The molecule has 4 N–H and O–H groups in total. The van der Waals surface area contributed by atoms with Crippen molar-refractivity contribution < 1.29 is 29.1 Å². The number of ether oxygens (including phenoxy) is 1. The number of nitrogens with zero attached hydrogens (tertiary/aromatic N) is 2. The summed E-state index contributed by atoms with van der Waals surface area (Å²) in [5.41, 5.74) is 0.852. The van der Waals surface area contributed by atoms with Crippen LogP contribution in [0, 0.1) is 0 Å². The summed E-state index contributed by atoms with van der Waals surface area (Å²) in [6.07, 6.45) is 1.69. The molecular formula is C10H16BrN2O6P. The molecule has 1 rings (SSSR count). The molecule has 0 aliphatic rings. The smallest absolute Gasteiger partial charge is 0.466 e. The van der Waals surface area contributed by atoms with Crippen molar-refractivity contribution in [2.45, 2.75) is 0 Å². The molecule has 0 spiro atoms. The predicted octanol–water partition coefficient (Wildman–Crippen LogP) is 1.13. The van der Waals surface area contributed by atoms with Crippen molar-refractivity contribution in [2.24, 2.45) is 5.10 Å². The van der Waals surface area contributed by atoms with Gasteiger partial charge in [0.1, 0.15) is 0 Å². The number of hydrogen-bond acceptors (Lipinski definition) is 5. The van der Waals surface area contributed by atoms with Gasteiger partial charge in [-0.05, 0) is 33.6 Å². The Kier molecular flexibility index (Phi) is 7.77. The molecule has 1 aromatic carbocycles. The summed E-state index contributed by atoms with van der Waals surface area (Å²) in [5.74, 6) is 0.518. The number of halogens is 1. The van der Waals surface area contributed by atoms with Crippen LogP contribution in [-0.2, 0) is 4.57 Å². The monoisotopic (exact) mass is 370 g/mol. The van der Waals surface area contributed by atoms with Gasteiger partial charge in [0.2, 0.25) is 0 Å². The zero-order valence-corrected chi connectivity index (χ0v) is 13.5. The molecule has 8 nitrogen and oxygen atoms in total. The predicted molar refractivity (Wildman–Crippen MR) is 77.9 cm³/mol. The van der Waals surface area contributed by atoms with Crippen LogP contribution in [0.15, 0.2) is 21.7 Å². The Bertz CT molecular complexity index is 508. The number of methoxy groups -OCH3 is 1. The maximum Gasteiger partial charge on any atom is 0.466 e. The van der Waals surface area contributed by atoms with Gasteiger partial charge in [0, 0.05) is 14.1 Å². The topological polar surface area (TPSA) is 123 Å². The van der Waals surface area contributed by atoms with Crippen molar-refractivity contribution in [3.05, 3.63) is 22.2 Å². The van der Waals surface area contributed by atoms with Gasteiger partial charge in [-0.15, -0.1) is 0 Å². The number of hydrazone groups is 1. The molecule has 0 aromatic heterocycles. The molecule has 1 aromatic rings. The van der Waals surface area contributed by atoms with E-state index in [1.807, 2.05) is 14.1 Å². The van der Waals surface area contributed by atoms with Gasteiger partial charge in [-0.25, -0.2) is 4.57 Å². The Hall–Kier alpha value is -1.12. The summed E-state index contributed by atoms with van der Waals surface area (Å²) in [7, 11) is 0.542. The third-order valence-electron chi connectivity index (χ3n) is 1.71. The van der Waals surface area contributed by atoms with E-state index in [0.717, 1.165) is 5.56 Å². The highest BCUT2D eigenvalue weighted by Gasteiger charge is 2.07. The van der Waals surface area contributed by atoms with Gasteiger partial charge >= 0.3 is 7.82 Å². The van der Waals surface area contributed by atoms with E-state index in [1.54, 1.807) is 23.4 Å². The largest absolute Gasteiger partial charge is 0.503 e. The number of phenolic OH excluding ortho intramolecular Hbond substituents is 1. The third kappa shape index (κ3) is 8.89. The molecule has 0 bridgehead atoms. The van der Waals surface area contributed by atoms with Crippen LogP contribution < -0.4 is 4.74 Å². The lowest BCUT2D eigenvalue weighted by Gasteiger charge is -2.07. The molecule has 0 aliphatic carbocycles. The minimum absolute atomic E-state index is 0.0968. The van der Waals surface area contributed by atoms with Gasteiger partial charge in [-0.3, -0.25) is 0 Å². The third-order valence-corrected chi connectivity index (χ3v) is 2.31. The fourth-order valence-electron chi connectivity index (χ4n) is 1.01. The van der Waals surface area contributed by atoms with Gasteiger partial charge in [0.25, 0.3) is 0 Å². The quantitative estimate of drug-likeness (QED) is 0.357. The first-order valence-corrected chi connectivity index (χ1v) is 7.46. The molecule has 20 heavy (non-hydrogen) atoms. The van der Waals surface area contributed by atoms with Crippen LogP contribution in [-0.4, -0.2) is 52.2 Å². The fourth-order valence-corrected chi connectivity index (χ4v) is 1.47. The summed E-state index contributed by atoms with van der Waals surface area (Å²) >= 11 is 3.24. The van der Waals surface area contributed by atoms with Gasteiger partial charge in [0.15, 0.2) is 11.5 Å². The van der Waals surface area contributed by atoms with Crippen LogP contribution >= 0.6 is 23.8 Å². The van der Waals surface area contributed by atoms with E-state index < -0.39 is 7.82 Å². The molecule has 0 fully saturated rings. The van der Waals surface area contributed by atoms with Crippen molar-refractivity contribution in [3.8, 4) is 11.5 Å². The average molecular weight is 371 g/mol. The molecule has 114 valence electrons. The van der Waals surface area contributed by atoms with E-state index in [-0.39, 0.29) is 5.75 Å². The molecule has 0 aliphatic heterocycles. The molecule has 10 heteroatoms. The van der Waals surface area contributed by atoms with Gasteiger partial charge in [0.05, 0.1) is 17.8 Å². The fraction of sp³-hybridized carbons (Fsp3) is 0.300. The average Bonchev–Trinajstić information content (AvgIpc) is 2.28. The number of aromatic hydroxyl groups is 1. The van der Waals surface area contributed by atoms with Gasteiger partial charge < -0.3 is 29.5 Å². The lowest BCUT2D eigenvalue weighted by molar-refractivity contribution is 0.275. The highest BCUT2D eigenvalue weighted by Crippen LogP contribution is 2.34. The van der Waals surface area contributed by atoms with E-state index >= 15 is 0 Å². The molecule has 0 radical (unpaired) electrons. The van der Waals surface area contributed by atoms with Crippen molar-refractivity contribution in [2.75, 3.05) is 21.2 Å². The molecule has 0 atom stereocenters. The zero-order chi connectivity index (χ0) is 15.9. The zero-order valence-electron chi connectivity index (χ0n) is 11.1. The van der Waals surface area contributed by atoms with E-state index in [9.17, 15) is 5.11 Å². The minimum atomic E-state index is -4.64. The molecule has 0 heterocycles. The van der Waals surface area contributed by atoms with Crippen LogP contribution in [0.2, 0.25) is 0 Å². The first kappa shape index (κ1) is 18.9. The standard InChI is InChI=1S/C10H13BrN2O2.H3O4P/c1-13(2)12-6-7-4-8(11)10(14)9(5-7)15-3;1-5(2,3)4/h4-6,14H,1-3H3;(H3,1,2,3,4)/b12-6+;. The van der Waals surface area contributed by atoms with Crippen molar-refractivity contribution >= 4 is 30.0 Å². The second-order valence-electron chi connectivity index (χ2n) is 3.66. The Labute approximate surface area is 124 Å². The number of phenols is 1. The Morgan fingerprint density at radius 3 is 2.25 bits per heavy atom. The van der Waals surface area contributed by atoms with E-state index in [0.29, 0.717) is 10.2 Å². The molecule has 0 amide bonds. The van der Waals surface area contributed by atoms with E-state index in [2.05, 4.69) is 21.0 Å². The summed E-state index contributed by atoms with van der Waals surface area (Å²) in [5, 5.41) is 15.4. The highest BCUT2D eigenvalue weighted by molar-refractivity contribution is 9.10. The summed E-state index contributed by atoms with van der Waals surface area (Å²) in [4.78, 5) is 21.6. The van der Waals surface area contributed by atoms with Crippen molar-refractivity contribution in [1.82, 2.24) is 5.01 Å². The summed E-state index contributed by atoms with van der Waals surface area (Å²) < 4.78 is 14.5. The van der Waals surface area contributed by atoms with Gasteiger partial charge in [-0.1, -0.05) is 0 Å². The second-order valence-corrected chi connectivity index (χ2v) is 5.54. The minimum Gasteiger partial charge on any atom is -0.503 e. The normalized spacial score (nSPS) is 10.9. The van der Waals surface area contributed by atoms with Crippen molar-refractivity contribution in [3.63, 3.8) is 0 Å². The molecular weight excluding hydrogens is 355 g/mol. The highest BCUT2D eigenvalue weighted by atomic mass is 79.9. The van der Waals surface area contributed by atoms with Crippen LogP contribution in [0.5, 0.6) is 11.5 Å². The Morgan fingerprint density at radius 1 is 1.35 bits per heavy atom. The van der Waals surface area contributed by atoms with Crippen LogP contribution in [0.1, 0.15) is 5.56 Å². The number of hydrogen-bond donors (Lipinski definition) is 4. The van der Waals surface area contributed by atoms with Crippen LogP contribution in [0.25, 0.3) is 0 Å². The van der Waals surface area contributed by atoms with Crippen molar-refractivity contribution in [1.29, 1.82) is 0 Å². The molecule has 0 saturated carbocycles. The number of benzene rings is 1. The lowest BCUT2D eigenvalue weighted by atomic mass is 10.2. The van der Waals surface area contributed by atoms with E-state index in [1.165, 1.54) is 7.11 Å². The molecule has 0 saturated heterocycles. The maximum atomic E-state index is 9.57. The first-order valence-electron chi connectivity index (χ1n) is 5.10. The Balaban J connectivity index is 0.000000621. The number of rotatable bonds is 3. The second kappa shape index (κ2) is 8.23. The lowest BCUT2D eigenvalue weighted by Crippen LogP contribution is -2.02. The molecule has 0 unspecified atom stereocenters. The van der Waals surface area contributed by atoms with Crippen LogP contribution in [0.4, 0.5) is 0 Å². The Morgan fingerprint density at radius 2 is 1.85 bits per heavy atom. The maximum absolute atomic E-state index is 9.57.